The lowest BCUT2D eigenvalue weighted by Gasteiger charge is -2.40. The van der Waals surface area contributed by atoms with E-state index in [2.05, 4.69) is 45.1 Å². The summed E-state index contributed by atoms with van der Waals surface area (Å²) in [7, 11) is 0. The summed E-state index contributed by atoms with van der Waals surface area (Å²) in [5.41, 5.74) is 2.52. The topological polar surface area (TPSA) is 32.3 Å². The Balaban J connectivity index is 2.13. The van der Waals surface area contributed by atoms with Gasteiger partial charge in [-0.05, 0) is 49.8 Å². The van der Waals surface area contributed by atoms with Crippen molar-refractivity contribution in [2.75, 3.05) is 13.1 Å². The lowest BCUT2D eigenvalue weighted by molar-refractivity contribution is -0.137. The van der Waals surface area contributed by atoms with Crippen LogP contribution in [0.25, 0.3) is 0 Å². The SMILES string of the molecule is CCN(Cc1ccccc1C)C(=O)C1NCCCC1(C)C. The summed E-state index contributed by atoms with van der Waals surface area (Å²) in [5, 5.41) is 3.43. The van der Waals surface area contributed by atoms with Gasteiger partial charge in [0.1, 0.15) is 0 Å². The van der Waals surface area contributed by atoms with Crippen LogP contribution in [0, 0.1) is 12.3 Å². The first kappa shape index (κ1) is 16.0. The van der Waals surface area contributed by atoms with Gasteiger partial charge in [-0.3, -0.25) is 4.79 Å². The first-order valence-corrected chi connectivity index (χ1v) is 8.02. The van der Waals surface area contributed by atoms with Crippen LogP contribution < -0.4 is 5.32 Å². The van der Waals surface area contributed by atoms with Gasteiger partial charge < -0.3 is 10.2 Å². The molecule has 0 saturated carbocycles. The molecule has 2 rings (SSSR count). The van der Waals surface area contributed by atoms with Crippen LogP contribution in [0.4, 0.5) is 0 Å². The van der Waals surface area contributed by atoms with E-state index in [4.69, 9.17) is 0 Å². The van der Waals surface area contributed by atoms with Gasteiger partial charge in [-0.15, -0.1) is 0 Å². The number of aryl methyl sites for hydroxylation is 1. The zero-order chi connectivity index (χ0) is 15.5. The molecule has 1 aromatic carbocycles. The molecule has 1 aliphatic rings. The molecule has 1 N–H and O–H groups in total. The van der Waals surface area contributed by atoms with Crippen molar-refractivity contribution in [3.8, 4) is 0 Å². The second kappa shape index (κ2) is 6.61. The van der Waals surface area contributed by atoms with Crippen molar-refractivity contribution in [3.63, 3.8) is 0 Å². The summed E-state index contributed by atoms with van der Waals surface area (Å²) in [6.07, 6.45) is 2.26. The van der Waals surface area contributed by atoms with E-state index in [1.807, 2.05) is 17.0 Å². The maximum absolute atomic E-state index is 12.9. The third kappa shape index (κ3) is 3.65. The van der Waals surface area contributed by atoms with E-state index in [9.17, 15) is 4.79 Å². The van der Waals surface area contributed by atoms with E-state index in [0.717, 1.165) is 25.9 Å². The maximum atomic E-state index is 12.9. The molecule has 0 spiro atoms. The Bertz CT molecular complexity index is 496. The molecule has 1 heterocycles. The highest BCUT2D eigenvalue weighted by Crippen LogP contribution is 2.31. The molecule has 1 aromatic rings. The van der Waals surface area contributed by atoms with Crippen LogP contribution in [0.5, 0.6) is 0 Å². The molecule has 3 heteroatoms. The number of nitrogens with zero attached hydrogens (tertiary/aromatic N) is 1. The first-order chi connectivity index (χ1) is 9.95. The first-order valence-electron chi connectivity index (χ1n) is 8.02. The predicted molar refractivity (Wildman–Crippen MR) is 87.1 cm³/mol. The second-order valence-corrected chi connectivity index (χ2v) is 6.76. The molecule has 0 bridgehead atoms. The highest BCUT2D eigenvalue weighted by atomic mass is 16.2. The number of carbonyl (C=O) groups excluding carboxylic acids is 1. The van der Waals surface area contributed by atoms with Gasteiger partial charge >= 0.3 is 0 Å². The maximum Gasteiger partial charge on any atom is 0.240 e. The molecule has 1 fully saturated rings. The van der Waals surface area contributed by atoms with Crippen LogP contribution in [-0.4, -0.2) is 29.9 Å². The highest BCUT2D eigenvalue weighted by Gasteiger charge is 2.38. The van der Waals surface area contributed by atoms with Gasteiger partial charge in [0, 0.05) is 13.1 Å². The van der Waals surface area contributed by atoms with Crippen LogP contribution in [0.3, 0.4) is 0 Å². The van der Waals surface area contributed by atoms with Gasteiger partial charge in [0.15, 0.2) is 0 Å². The normalized spacial score (nSPS) is 21.0. The number of hydrogen-bond acceptors (Lipinski definition) is 2. The van der Waals surface area contributed by atoms with Crippen molar-refractivity contribution in [2.45, 2.75) is 53.1 Å². The number of amides is 1. The second-order valence-electron chi connectivity index (χ2n) is 6.76. The number of carbonyl (C=O) groups is 1. The number of hydrogen-bond donors (Lipinski definition) is 1. The fourth-order valence-corrected chi connectivity index (χ4v) is 3.15. The predicted octanol–water partition coefficient (Wildman–Crippen LogP) is 3.12. The van der Waals surface area contributed by atoms with Gasteiger partial charge in [0.05, 0.1) is 6.04 Å². The third-order valence-electron chi connectivity index (χ3n) is 4.69. The van der Waals surface area contributed by atoms with E-state index in [1.165, 1.54) is 11.1 Å². The van der Waals surface area contributed by atoms with Gasteiger partial charge in [-0.2, -0.15) is 0 Å². The standard InChI is InChI=1S/C18H28N2O/c1-5-20(13-15-10-7-6-9-14(15)2)17(21)16-18(3,4)11-8-12-19-16/h6-7,9-10,16,19H,5,8,11-13H2,1-4H3. The van der Waals surface area contributed by atoms with Crippen molar-refractivity contribution in [1.29, 1.82) is 0 Å². The summed E-state index contributed by atoms with van der Waals surface area (Å²) in [5.74, 6) is 0.241. The number of benzene rings is 1. The number of nitrogens with one attached hydrogen (secondary N) is 1. The van der Waals surface area contributed by atoms with Crippen molar-refractivity contribution in [3.05, 3.63) is 35.4 Å². The van der Waals surface area contributed by atoms with E-state index >= 15 is 0 Å². The molecule has 0 radical (unpaired) electrons. The van der Waals surface area contributed by atoms with E-state index in [-0.39, 0.29) is 17.4 Å². The molecule has 1 amide bonds. The Hall–Kier alpha value is -1.35. The Morgan fingerprint density at radius 3 is 2.71 bits per heavy atom. The van der Waals surface area contributed by atoms with E-state index in [1.54, 1.807) is 0 Å². The fourth-order valence-electron chi connectivity index (χ4n) is 3.15. The smallest absolute Gasteiger partial charge is 0.240 e. The van der Waals surface area contributed by atoms with E-state index in [0.29, 0.717) is 6.54 Å². The molecule has 0 aromatic heterocycles. The Morgan fingerprint density at radius 2 is 2.10 bits per heavy atom. The zero-order valence-corrected chi connectivity index (χ0v) is 13.8. The van der Waals surface area contributed by atoms with Gasteiger partial charge in [-0.1, -0.05) is 38.1 Å². The Kier molecular flexibility index (Phi) is 5.04. The largest absolute Gasteiger partial charge is 0.337 e. The third-order valence-corrected chi connectivity index (χ3v) is 4.69. The van der Waals surface area contributed by atoms with Gasteiger partial charge in [0.2, 0.25) is 5.91 Å². The molecule has 3 nitrogen and oxygen atoms in total. The molecular weight excluding hydrogens is 260 g/mol. The van der Waals surface area contributed by atoms with Crippen LogP contribution in [-0.2, 0) is 11.3 Å². The van der Waals surface area contributed by atoms with Crippen LogP contribution in [0.15, 0.2) is 24.3 Å². The Morgan fingerprint density at radius 1 is 1.38 bits per heavy atom. The van der Waals surface area contributed by atoms with Crippen molar-refractivity contribution < 1.29 is 4.79 Å². The molecule has 21 heavy (non-hydrogen) atoms. The van der Waals surface area contributed by atoms with Crippen LogP contribution in [0.2, 0.25) is 0 Å². The molecular formula is C18H28N2O. The van der Waals surface area contributed by atoms with E-state index < -0.39 is 0 Å². The number of likely N-dealkylation sites (N-methyl/N-ethyl adjacent to an activating group) is 1. The van der Waals surface area contributed by atoms with Crippen molar-refractivity contribution in [2.24, 2.45) is 5.41 Å². The molecule has 1 unspecified atom stereocenters. The number of rotatable bonds is 4. The highest BCUT2D eigenvalue weighted by molar-refractivity contribution is 5.83. The average molecular weight is 288 g/mol. The lowest BCUT2D eigenvalue weighted by atomic mass is 9.77. The minimum atomic E-state index is -0.0600. The van der Waals surface area contributed by atoms with Gasteiger partial charge in [0.25, 0.3) is 0 Å². The monoisotopic (exact) mass is 288 g/mol. The number of piperidine rings is 1. The zero-order valence-electron chi connectivity index (χ0n) is 13.8. The van der Waals surface area contributed by atoms with Crippen molar-refractivity contribution >= 4 is 5.91 Å². The minimum Gasteiger partial charge on any atom is -0.337 e. The van der Waals surface area contributed by atoms with Crippen LogP contribution >= 0.6 is 0 Å². The summed E-state index contributed by atoms with van der Waals surface area (Å²) in [6.45, 7) is 11.0. The lowest BCUT2D eigenvalue weighted by Crippen LogP contribution is -2.56. The van der Waals surface area contributed by atoms with Gasteiger partial charge in [-0.25, -0.2) is 0 Å². The molecule has 0 aliphatic carbocycles. The summed E-state index contributed by atoms with van der Waals surface area (Å²) in [4.78, 5) is 14.9. The minimum absolute atomic E-state index is 0.0362. The Labute approximate surface area is 128 Å². The molecule has 116 valence electrons. The van der Waals surface area contributed by atoms with Crippen LogP contribution in [0.1, 0.15) is 44.7 Å². The summed E-state index contributed by atoms with van der Waals surface area (Å²) >= 11 is 0. The van der Waals surface area contributed by atoms with Crippen molar-refractivity contribution in [1.82, 2.24) is 10.2 Å². The molecule has 1 saturated heterocycles. The summed E-state index contributed by atoms with van der Waals surface area (Å²) < 4.78 is 0. The molecule has 1 atom stereocenters. The summed E-state index contributed by atoms with van der Waals surface area (Å²) in [6, 6.07) is 8.25. The fraction of sp³-hybridized carbons (Fsp3) is 0.611. The average Bonchev–Trinajstić information content (AvgIpc) is 2.45. The molecule has 1 aliphatic heterocycles. The quantitative estimate of drug-likeness (QED) is 0.923.